The number of rotatable bonds is 8. The van der Waals surface area contributed by atoms with Gasteiger partial charge in [-0.15, -0.1) is 0 Å². The smallest absolute Gasteiger partial charge is 0.267 e. The number of nitrogens with zero attached hydrogens (tertiary/aromatic N) is 4. The summed E-state index contributed by atoms with van der Waals surface area (Å²) in [6.07, 6.45) is 1.56. The van der Waals surface area contributed by atoms with Crippen molar-refractivity contribution in [2.75, 3.05) is 63.9 Å². The summed E-state index contributed by atoms with van der Waals surface area (Å²) >= 11 is 0. The quantitative estimate of drug-likeness (QED) is 0.325. The predicted molar refractivity (Wildman–Crippen MR) is 184 cm³/mol. The van der Waals surface area contributed by atoms with Gasteiger partial charge in [0, 0.05) is 50.5 Å². The summed E-state index contributed by atoms with van der Waals surface area (Å²) in [4.78, 5) is 37.0. The number of hydrogen-bond donors (Lipinski definition) is 2. The molecule has 1 aromatic heterocycles. The lowest BCUT2D eigenvalue weighted by molar-refractivity contribution is -0.141. The van der Waals surface area contributed by atoms with Crippen LogP contribution in [0.15, 0.2) is 36.4 Å². The molecule has 15 heteroatoms. The van der Waals surface area contributed by atoms with Gasteiger partial charge in [0.25, 0.3) is 16.0 Å². The third kappa shape index (κ3) is 11.4. The molecule has 1 saturated heterocycles. The Morgan fingerprint density at radius 1 is 0.958 bits per heavy atom. The van der Waals surface area contributed by atoms with Crippen LogP contribution in [-0.2, 0) is 19.7 Å². The summed E-state index contributed by atoms with van der Waals surface area (Å²) in [6, 6.07) is 10.9. The van der Waals surface area contributed by atoms with E-state index < -0.39 is 16.2 Å². The molecule has 2 aliphatic heterocycles. The lowest BCUT2D eigenvalue weighted by Gasteiger charge is -2.37. The van der Waals surface area contributed by atoms with Gasteiger partial charge in [0.15, 0.2) is 23.0 Å². The first-order valence-corrected chi connectivity index (χ1v) is 17.5. The van der Waals surface area contributed by atoms with Crippen LogP contribution in [0, 0.1) is 11.8 Å². The fourth-order valence-corrected chi connectivity index (χ4v) is 5.07. The Kier molecular flexibility index (Phi) is 13.6. The first kappa shape index (κ1) is 38.1. The number of ether oxygens (including phenoxy) is 4. The fourth-order valence-electron chi connectivity index (χ4n) is 5.07. The topological polar surface area (TPSA) is 184 Å². The molecule has 5 rings (SSSR count). The van der Waals surface area contributed by atoms with Crippen LogP contribution in [0.2, 0.25) is 0 Å². The molecule has 14 nitrogen and oxygen atoms in total. The van der Waals surface area contributed by atoms with E-state index in [4.69, 9.17) is 29.2 Å². The van der Waals surface area contributed by atoms with Crippen LogP contribution in [0.5, 0.6) is 23.0 Å². The lowest BCUT2D eigenvalue weighted by Crippen LogP contribution is -2.54. The van der Waals surface area contributed by atoms with Crippen LogP contribution in [0.3, 0.4) is 0 Å². The van der Waals surface area contributed by atoms with Gasteiger partial charge in [0.2, 0.25) is 12.1 Å². The Labute approximate surface area is 282 Å². The van der Waals surface area contributed by atoms with Gasteiger partial charge in [-0.3, -0.25) is 14.1 Å². The molecule has 0 radical (unpaired) electrons. The standard InChI is InChI=1S/C23H25N5O5.C9H18O.CH4O3S/c1-30-18-11-14-15(12-19(18)31-2)25-23(26-21(14)24)28-9-7-27(8-10-28)22(29)20-13-32-16-5-3-4-6-17(16)33-20;1-7(2)5-9(10)6-8(3)4;1-5(2,3)4/h3-6,11-12,20H,7-10,13H2,1-2H3,(H2,24,25,26);7-8H,5-6H2,1-4H3;1H3,(H,2,3,4). The molecule has 2 aliphatic rings. The number of piperazine rings is 1. The molecule has 3 N–H and O–H groups in total. The van der Waals surface area contributed by atoms with E-state index >= 15 is 0 Å². The van der Waals surface area contributed by atoms with Crippen LogP contribution in [0.4, 0.5) is 11.8 Å². The van der Waals surface area contributed by atoms with Gasteiger partial charge < -0.3 is 34.5 Å². The average Bonchev–Trinajstić information content (AvgIpc) is 3.02. The van der Waals surface area contributed by atoms with Crippen LogP contribution >= 0.6 is 0 Å². The van der Waals surface area contributed by atoms with Gasteiger partial charge in [-0.1, -0.05) is 39.8 Å². The number of nitrogens with two attached hydrogens (primary N) is 1. The van der Waals surface area contributed by atoms with Gasteiger partial charge in [-0.25, -0.2) is 4.98 Å². The van der Waals surface area contributed by atoms with Crippen molar-refractivity contribution in [3.8, 4) is 23.0 Å². The summed E-state index contributed by atoms with van der Waals surface area (Å²) in [5, 5.41) is 0.694. The second-order valence-electron chi connectivity index (χ2n) is 12.3. The van der Waals surface area contributed by atoms with Crippen molar-refractivity contribution in [1.82, 2.24) is 14.9 Å². The number of amides is 1. The molecule has 1 atom stereocenters. The maximum Gasteiger partial charge on any atom is 0.267 e. The largest absolute Gasteiger partial charge is 0.493 e. The van der Waals surface area contributed by atoms with Crippen molar-refractivity contribution in [2.45, 2.75) is 46.6 Å². The molecule has 0 bridgehead atoms. The van der Waals surface area contributed by atoms with Crippen molar-refractivity contribution >= 4 is 44.5 Å². The zero-order valence-corrected chi connectivity index (χ0v) is 29.5. The Morgan fingerprint density at radius 3 is 2.04 bits per heavy atom. The number of fused-ring (bicyclic) bond motifs is 2. The summed E-state index contributed by atoms with van der Waals surface area (Å²) in [5.41, 5.74) is 6.89. The van der Waals surface area contributed by atoms with Gasteiger partial charge in [0.1, 0.15) is 18.2 Å². The summed E-state index contributed by atoms with van der Waals surface area (Å²) in [5.74, 6) is 4.63. The van der Waals surface area contributed by atoms with Gasteiger partial charge in [0.05, 0.1) is 26.0 Å². The lowest BCUT2D eigenvalue weighted by atomic mass is 10.00. The Morgan fingerprint density at radius 2 is 1.50 bits per heavy atom. The van der Waals surface area contributed by atoms with E-state index in [-0.39, 0.29) is 12.5 Å². The second-order valence-corrected chi connectivity index (χ2v) is 13.7. The van der Waals surface area contributed by atoms with Crippen LogP contribution in [0.25, 0.3) is 10.9 Å². The van der Waals surface area contributed by atoms with Crippen molar-refractivity contribution < 1.29 is 41.5 Å². The molecule has 1 unspecified atom stereocenters. The first-order chi connectivity index (χ1) is 22.6. The third-order valence-electron chi connectivity index (χ3n) is 7.15. The van der Waals surface area contributed by atoms with Gasteiger partial charge in [-0.2, -0.15) is 13.4 Å². The van der Waals surface area contributed by atoms with Crippen molar-refractivity contribution in [2.24, 2.45) is 11.8 Å². The van der Waals surface area contributed by atoms with E-state index in [0.29, 0.717) is 95.7 Å². The summed E-state index contributed by atoms with van der Waals surface area (Å²) in [6.45, 7) is 10.7. The van der Waals surface area contributed by atoms with Gasteiger partial charge >= 0.3 is 0 Å². The van der Waals surface area contributed by atoms with Crippen molar-refractivity contribution in [3.05, 3.63) is 36.4 Å². The number of methoxy groups -OCH3 is 2. The number of aromatic nitrogens is 2. The highest BCUT2D eigenvalue weighted by atomic mass is 32.2. The van der Waals surface area contributed by atoms with Crippen molar-refractivity contribution in [1.29, 1.82) is 0 Å². The minimum Gasteiger partial charge on any atom is -0.493 e. The van der Waals surface area contributed by atoms with Crippen LogP contribution in [0.1, 0.15) is 40.5 Å². The fraction of sp³-hybridized carbons (Fsp3) is 0.515. The highest BCUT2D eigenvalue weighted by Gasteiger charge is 2.33. The minimum absolute atomic E-state index is 0.0834. The number of ketones is 1. The van der Waals surface area contributed by atoms with E-state index in [1.807, 2.05) is 23.1 Å². The monoisotopic (exact) mass is 689 g/mol. The minimum atomic E-state index is -3.67. The molecule has 48 heavy (non-hydrogen) atoms. The van der Waals surface area contributed by atoms with Gasteiger partial charge in [-0.05, 0) is 30.0 Å². The predicted octanol–water partition coefficient (Wildman–Crippen LogP) is 3.87. The number of para-hydroxylation sites is 2. The average molecular weight is 690 g/mol. The Balaban J connectivity index is 0.000000350. The van der Waals surface area contributed by atoms with E-state index in [1.165, 1.54) is 0 Å². The third-order valence-corrected chi connectivity index (χ3v) is 7.15. The van der Waals surface area contributed by atoms with E-state index in [1.54, 1.807) is 37.3 Å². The molecule has 264 valence electrons. The maximum absolute atomic E-state index is 13.0. The Hall–Kier alpha value is -4.37. The van der Waals surface area contributed by atoms with Crippen molar-refractivity contribution in [3.63, 3.8) is 0 Å². The number of carbonyl (C=O) groups excluding carboxylic acids is 2. The number of hydrogen-bond acceptors (Lipinski definition) is 12. The first-order valence-electron chi connectivity index (χ1n) is 15.6. The highest BCUT2D eigenvalue weighted by Crippen LogP contribution is 2.34. The molecule has 3 heterocycles. The maximum atomic E-state index is 13.0. The van der Waals surface area contributed by atoms with Crippen LogP contribution in [-0.4, -0.2) is 98.9 Å². The highest BCUT2D eigenvalue weighted by molar-refractivity contribution is 7.85. The number of benzene rings is 2. The molecule has 1 fully saturated rings. The number of nitrogen functional groups attached to an aromatic ring is 1. The molecule has 0 saturated carbocycles. The molecular formula is C33H47N5O9S. The Bertz CT molecular complexity index is 1640. The van der Waals surface area contributed by atoms with E-state index in [0.717, 1.165) is 12.8 Å². The summed E-state index contributed by atoms with van der Waals surface area (Å²) < 4.78 is 48.2. The molecular weight excluding hydrogens is 642 g/mol. The molecule has 0 aliphatic carbocycles. The van der Waals surface area contributed by atoms with E-state index in [9.17, 15) is 18.0 Å². The molecule has 0 spiro atoms. The number of anilines is 2. The SMILES string of the molecule is CC(C)CC(=O)CC(C)C.COc1cc2nc(N3CCN(C(=O)C4COc5ccccc5O4)CC3)nc(N)c2cc1OC.CS(=O)(=O)O. The number of carbonyl (C=O) groups is 2. The normalized spacial score (nSPS) is 15.7. The van der Waals surface area contributed by atoms with Crippen LogP contribution < -0.4 is 29.6 Å². The zero-order valence-electron chi connectivity index (χ0n) is 28.6. The zero-order chi connectivity index (χ0) is 35.6. The molecule has 3 aromatic rings. The molecule has 1 amide bonds. The molecule has 2 aromatic carbocycles. The number of Topliss-reactive ketones (excluding diaryl/α,β-unsaturated/α-hetero) is 1. The summed E-state index contributed by atoms with van der Waals surface area (Å²) in [7, 11) is -0.524. The second kappa shape index (κ2) is 17.2. The van der Waals surface area contributed by atoms with E-state index in [2.05, 4.69) is 37.7 Å².